The SMILES string of the molecule is Fc1cc(F)c(-c2cnc3cc(OCC(F)F)ccn23)nc1N[C@H]1CCCNC1. The van der Waals surface area contributed by atoms with E-state index in [4.69, 9.17) is 4.74 Å². The van der Waals surface area contributed by atoms with Crippen LogP contribution in [0.4, 0.5) is 23.4 Å². The summed E-state index contributed by atoms with van der Waals surface area (Å²) in [5.74, 6) is -1.40. The molecule has 2 N–H and O–H groups in total. The maximum absolute atomic E-state index is 14.5. The zero-order valence-corrected chi connectivity index (χ0v) is 15.3. The third-order valence-corrected chi connectivity index (χ3v) is 4.67. The number of ether oxygens (including phenoxy) is 1. The van der Waals surface area contributed by atoms with E-state index in [0.717, 1.165) is 25.5 Å². The molecule has 0 radical (unpaired) electrons. The molecule has 1 aliphatic rings. The number of hydrogen-bond acceptors (Lipinski definition) is 5. The predicted molar refractivity (Wildman–Crippen MR) is 99.4 cm³/mol. The Labute approximate surface area is 163 Å². The summed E-state index contributed by atoms with van der Waals surface area (Å²) < 4.78 is 59.9. The van der Waals surface area contributed by atoms with Crippen molar-refractivity contribution in [2.45, 2.75) is 25.3 Å². The molecule has 4 heterocycles. The van der Waals surface area contributed by atoms with Gasteiger partial charge in [0, 0.05) is 30.9 Å². The molecule has 4 rings (SSSR count). The van der Waals surface area contributed by atoms with E-state index in [1.165, 1.54) is 28.9 Å². The number of halogens is 4. The fourth-order valence-electron chi connectivity index (χ4n) is 3.30. The van der Waals surface area contributed by atoms with E-state index in [9.17, 15) is 17.6 Å². The van der Waals surface area contributed by atoms with Crippen molar-refractivity contribution in [2.24, 2.45) is 0 Å². The number of hydrogen-bond donors (Lipinski definition) is 2. The largest absolute Gasteiger partial charge is 0.487 e. The van der Waals surface area contributed by atoms with Crippen molar-refractivity contribution in [3.05, 3.63) is 42.2 Å². The van der Waals surface area contributed by atoms with Gasteiger partial charge in [-0.3, -0.25) is 4.40 Å². The van der Waals surface area contributed by atoms with Gasteiger partial charge in [-0.25, -0.2) is 27.5 Å². The molecule has 3 aromatic heterocycles. The van der Waals surface area contributed by atoms with Crippen molar-refractivity contribution >= 4 is 11.5 Å². The van der Waals surface area contributed by atoms with Gasteiger partial charge in [0.15, 0.2) is 17.5 Å². The Morgan fingerprint density at radius 1 is 1.28 bits per heavy atom. The minimum Gasteiger partial charge on any atom is -0.487 e. The average molecular weight is 409 g/mol. The second kappa shape index (κ2) is 8.24. The molecule has 3 aromatic rings. The fraction of sp³-hybridized carbons (Fsp3) is 0.368. The first-order valence-electron chi connectivity index (χ1n) is 9.23. The van der Waals surface area contributed by atoms with Crippen molar-refractivity contribution in [3.8, 4) is 17.1 Å². The van der Waals surface area contributed by atoms with E-state index >= 15 is 0 Å². The Morgan fingerprint density at radius 3 is 2.90 bits per heavy atom. The molecule has 0 aromatic carbocycles. The third kappa shape index (κ3) is 4.26. The lowest BCUT2D eigenvalue weighted by Gasteiger charge is -2.24. The van der Waals surface area contributed by atoms with Crippen molar-refractivity contribution in [1.82, 2.24) is 19.7 Å². The van der Waals surface area contributed by atoms with Crippen LogP contribution in [0.25, 0.3) is 17.0 Å². The molecule has 6 nitrogen and oxygen atoms in total. The van der Waals surface area contributed by atoms with Crippen LogP contribution in [0.15, 0.2) is 30.6 Å². The second-order valence-corrected chi connectivity index (χ2v) is 6.77. The highest BCUT2D eigenvalue weighted by atomic mass is 19.3. The Kier molecular flexibility index (Phi) is 5.52. The Morgan fingerprint density at radius 2 is 2.14 bits per heavy atom. The number of nitrogens with one attached hydrogen (secondary N) is 2. The first-order chi connectivity index (χ1) is 14.0. The summed E-state index contributed by atoms with van der Waals surface area (Å²) in [7, 11) is 0. The zero-order chi connectivity index (χ0) is 20.4. The van der Waals surface area contributed by atoms with Crippen LogP contribution in [0, 0.1) is 11.6 Å². The Balaban J connectivity index is 1.64. The molecule has 0 amide bonds. The predicted octanol–water partition coefficient (Wildman–Crippen LogP) is 3.48. The molecule has 1 fully saturated rings. The van der Waals surface area contributed by atoms with Gasteiger partial charge < -0.3 is 15.4 Å². The summed E-state index contributed by atoms with van der Waals surface area (Å²) in [6, 6.07) is 3.72. The molecule has 1 aliphatic heterocycles. The fourth-order valence-corrected chi connectivity index (χ4v) is 3.30. The van der Waals surface area contributed by atoms with Gasteiger partial charge in [0.25, 0.3) is 6.43 Å². The summed E-state index contributed by atoms with van der Waals surface area (Å²) in [6.45, 7) is 0.849. The van der Waals surface area contributed by atoms with Gasteiger partial charge in [0.1, 0.15) is 23.7 Å². The number of rotatable bonds is 6. The standard InChI is InChI=1S/C19H19F4N5O/c20-13-7-14(21)19(26-11-2-1-4-24-8-11)27-18(13)15-9-25-17-6-12(3-5-28(15)17)29-10-16(22)23/h3,5-7,9,11,16,24H,1-2,4,8,10H2,(H,26,27)/t11-/m0/s1. The van der Waals surface area contributed by atoms with Crippen LogP contribution in [0.2, 0.25) is 0 Å². The lowest BCUT2D eigenvalue weighted by Crippen LogP contribution is -2.38. The van der Waals surface area contributed by atoms with E-state index in [2.05, 4.69) is 20.6 Å². The molecular weight excluding hydrogens is 390 g/mol. The molecule has 29 heavy (non-hydrogen) atoms. The molecule has 0 aliphatic carbocycles. The van der Waals surface area contributed by atoms with Gasteiger partial charge in [0.2, 0.25) is 0 Å². The van der Waals surface area contributed by atoms with Crippen LogP contribution >= 0.6 is 0 Å². The van der Waals surface area contributed by atoms with Gasteiger partial charge in [-0.1, -0.05) is 0 Å². The highest BCUT2D eigenvalue weighted by molar-refractivity contribution is 5.63. The molecule has 154 valence electrons. The van der Waals surface area contributed by atoms with Crippen molar-refractivity contribution in [2.75, 3.05) is 25.0 Å². The van der Waals surface area contributed by atoms with E-state index < -0.39 is 24.7 Å². The van der Waals surface area contributed by atoms with E-state index in [0.29, 0.717) is 17.9 Å². The van der Waals surface area contributed by atoms with E-state index in [1.54, 1.807) is 0 Å². The topological polar surface area (TPSA) is 63.5 Å². The summed E-state index contributed by atoms with van der Waals surface area (Å²) in [6.07, 6.45) is 2.13. The van der Waals surface area contributed by atoms with Crippen molar-refractivity contribution in [3.63, 3.8) is 0 Å². The van der Waals surface area contributed by atoms with Crippen molar-refractivity contribution < 1.29 is 22.3 Å². The quantitative estimate of drug-likeness (QED) is 0.611. The van der Waals surface area contributed by atoms with Gasteiger partial charge >= 0.3 is 0 Å². The van der Waals surface area contributed by atoms with Gasteiger partial charge in [-0.2, -0.15) is 0 Å². The van der Waals surface area contributed by atoms with Crippen LogP contribution in [0.3, 0.4) is 0 Å². The number of alkyl halides is 2. The van der Waals surface area contributed by atoms with E-state index in [-0.39, 0.29) is 23.3 Å². The molecule has 1 atom stereocenters. The normalized spacial score (nSPS) is 17.1. The lowest BCUT2D eigenvalue weighted by molar-refractivity contribution is 0.0819. The van der Waals surface area contributed by atoms with Gasteiger partial charge in [-0.15, -0.1) is 0 Å². The first kappa shape index (κ1) is 19.4. The van der Waals surface area contributed by atoms with Gasteiger partial charge in [0.05, 0.1) is 11.9 Å². The minimum atomic E-state index is -2.59. The minimum absolute atomic E-state index is 0.000729. The molecule has 0 spiro atoms. The van der Waals surface area contributed by atoms with Gasteiger partial charge in [-0.05, 0) is 25.5 Å². The number of aromatic nitrogens is 3. The number of nitrogens with zero attached hydrogens (tertiary/aromatic N) is 3. The molecule has 10 heteroatoms. The number of piperidine rings is 1. The monoisotopic (exact) mass is 409 g/mol. The first-order valence-corrected chi connectivity index (χ1v) is 9.23. The zero-order valence-electron chi connectivity index (χ0n) is 15.3. The maximum atomic E-state index is 14.5. The average Bonchev–Trinajstić information content (AvgIpc) is 3.12. The summed E-state index contributed by atoms with van der Waals surface area (Å²) in [5, 5.41) is 6.24. The summed E-state index contributed by atoms with van der Waals surface area (Å²) >= 11 is 0. The summed E-state index contributed by atoms with van der Waals surface area (Å²) in [4.78, 5) is 8.32. The van der Waals surface area contributed by atoms with Crippen molar-refractivity contribution in [1.29, 1.82) is 0 Å². The van der Waals surface area contributed by atoms with Crippen LogP contribution < -0.4 is 15.4 Å². The lowest BCUT2D eigenvalue weighted by atomic mass is 10.1. The highest BCUT2D eigenvalue weighted by Gasteiger charge is 2.20. The third-order valence-electron chi connectivity index (χ3n) is 4.67. The van der Waals surface area contributed by atoms with Crippen LogP contribution in [0.1, 0.15) is 12.8 Å². The van der Waals surface area contributed by atoms with Crippen LogP contribution in [-0.2, 0) is 0 Å². The smallest absolute Gasteiger partial charge is 0.272 e. The highest BCUT2D eigenvalue weighted by Crippen LogP contribution is 2.27. The second-order valence-electron chi connectivity index (χ2n) is 6.77. The molecular formula is C19H19F4N5O. The number of fused-ring (bicyclic) bond motifs is 1. The van der Waals surface area contributed by atoms with Crippen LogP contribution in [-0.4, -0.2) is 46.5 Å². The number of anilines is 1. The Hall–Kier alpha value is -2.88. The van der Waals surface area contributed by atoms with E-state index in [1.807, 2.05) is 0 Å². The number of imidazole rings is 1. The number of pyridine rings is 2. The summed E-state index contributed by atoms with van der Waals surface area (Å²) in [5.41, 5.74) is 0.609. The Bertz CT molecular complexity index is 1000. The molecule has 1 saturated heterocycles. The molecule has 0 saturated carbocycles. The molecule has 0 bridgehead atoms. The maximum Gasteiger partial charge on any atom is 0.272 e. The molecule has 0 unspecified atom stereocenters. The van der Waals surface area contributed by atoms with Crippen LogP contribution in [0.5, 0.6) is 5.75 Å².